The van der Waals surface area contributed by atoms with E-state index in [1.807, 2.05) is 0 Å². The first kappa shape index (κ1) is 19.5. The summed E-state index contributed by atoms with van der Waals surface area (Å²) in [5.74, 6) is -2.90. The molecule has 0 aliphatic carbocycles. The van der Waals surface area contributed by atoms with Crippen LogP contribution in [0.15, 0.2) is 54.6 Å². The average Bonchev–Trinajstić information content (AvgIpc) is 2.65. The molecular formula is C17H15N4O6-. The van der Waals surface area contributed by atoms with Gasteiger partial charge in [0.1, 0.15) is 6.04 Å². The summed E-state index contributed by atoms with van der Waals surface area (Å²) < 4.78 is 0. The maximum Gasteiger partial charge on any atom is 0.271 e. The van der Waals surface area contributed by atoms with Gasteiger partial charge in [-0.1, -0.05) is 24.3 Å². The van der Waals surface area contributed by atoms with E-state index in [4.69, 9.17) is 0 Å². The molecule has 0 saturated carbocycles. The molecule has 0 aliphatic rings. The normalized spacial score (nSPS) is 11.3. The summed E-state index contributed by atoms with van der Waals surface area (Å²) in [5.41, 5.74) is 4.76. The van der Waals surface area contributed by atoms with Crippen LogP contribution in [0.25, 0.3) is 0 Å². The van der Waals surface area contributed by atoms with Crippen molar-refractivity contribution in [2.45, 2.75) is 12.5 Å². The predicted molar refractivity (Wildman–Crippen MR) is 92.2 cm³/mol. The summed E-state index contributed by atoms with van der Waals surface area (Å²) in [5, 5.41) is 24.0. The van der Waals surface area contributed by atoms with Crippen molar-refractivity contribution >= 4 is 29.2 Å². The minimum atomic E-state index is -1.52. The summed E-state index contributed by atoms with van der Waals surface area (Å²) in [4.78, 5) is 45.3. The molecule has 0 radical (unpaired) electrons. The van der Waals surface area contributed by atoms with Crippen LogP contribution >= 0.6 is 0 Å². The van der Waals surface area contributed by atoms with E-state index in [1.54, 1.807) is 18.2 Å². The lowest BCUT2D eigenvalue weighted by Crippen LogP contribution is -2.52. The number of hydrogen-bond acceptors (Lipinski definition) is 7. The Morgan fingerprint density at radius 3 is 2.37 bits per heavy atom. The number of non-ortho nitro benzene ring substituents is 1. The van der Waals surface area contributed by atoms with Gasteiger partial charge in [-0.15, -0.1) is 0 Å². The van der Waals surface area contributed by atoms with E-state index in [0.29, 0.717) is 5.56 Å². The van der Waals surface area contributed by atoms with Crippen molar-refractivity contribution in [3.63, 3.8) is 0 Å². The smallest absolute Gasteiger partial charge is 0.271 e. The second-order valence-electron chi connectivity index (χ2n) is 5.39. The number of anilines is 1. The number of nitro benzene ring substituents is 1. The minimum absolute atomic E-state index is 0.105. The fourth-order valence-corrected chi connectivity index (χ4v) is 2.12. The molecule has 140 valence electrons. The van der Waals surface area contributed by atoms with E-state index >= 15 is 0 Å². The van der Waals surface area contributed by atoms with E-state index < -0.39 is 35.2 Å². The topological polar surface area (TPSA) is 154 Å². The zero-order chi connectivity index (χ0) is 19.8. The number of hydrogen-bond donors (Lipinski definition) is 3. The van der Waals surface area contributed by atoms with E-state index in [-0.39, 0.29) is 11.4 Å². The molecule has 0 saturated heterocycles. The highest BCUT2D eigenvalue weighted by atomic mass is 16.6. The van der Waals surface area contributed by atoms with Crippen molar-refractivity contribution in [1.29, 1.82) is 0 Å². The molecule has 2 aromatic carbocycles. The molecule has 0 aromatic heterocycles. The molecule has 0 unspecified atom stereocenters. The average molecular weight is 371 g/mol. The van der Waals surface area contributed by atoms with Crippen molar-refractivity contribution in [2.75, 3.05) is 5.32 Å². The molecule has 0 aliphatic heterocycles. The number of carboxylic acids is 1. The number of carbonyl (C=O) groups is 3. The molecule has 0 spiro atoms. The molecule has 0 heterocycles. The fraction of sp³-hybridized carbons (Fsp3) is 0.118. The van der Waals surface area contributed by atoms with Crippen molar-refractivity contribution in [3.8, 4) is 0 Å². The first-order valence-electron chi connectivity index (χ1n) is 7.73. The summed E-state index contributed by atoms with van der Waals surface area (Å²) >= 11 is 0. The van der Waals surface area contributed by atoms with Gasteiger partial charge in [0.05, 0.1) is 4.92 Å². The second-order valence-corrected chi connectivity index (χ2v) is 5.39. The number of benzene rings is 2. The first-order valence-corrected chi connectivity index (χ1v) is 7.73. The van der Waals surface area contributed by atoms with Crippen LogP contribution in [0.3, 0.4) is 0 Å². The van der Waals surface area contributed by atoms with Crippen molar-refractivity contribution in [1.82, 2.24) is 10.9 Å². The van der Waals surface area contributed by atoms with Crippen LogP contribution < -0.4 is 21.3 Å². The predicted octanol–water partition coefficient (Wildman–Crippen LogP) is -0.0235. The number of nitro groups is 1. The molecule has 27 heavy (non-hydrogen) atoms. The first-order chi connectivity index (χ1) is 12.9. The fourth-order valence-electron chi connectivity index (χ4n) is 2.12. The number of aliphatic carboxylic acids is 1. The largest absolute Gasteiger partial charge is 0.550 e. The molecule has 10 heteroatoms. The Bertz CT molecular complexity index is 856. The van der Waals surface area contributed by atoms with Gasteiger partial charge < -0.3 is 15.2 Å². The lowest BCUT2D eigenvalue weighted by atomic mass is 10.2. The molecular weight excluding hydrogens is 356 g/mol. The zero-order valence-corrected chi connectivity index (χ0v) is 13.9. The van der Waals surface area contributed by atoms with Gasteiger partial charge in [-0.25, -0.2) is 5.43 Å². The van der Waals surface area contributed by atoms with Gasteiger partial charge in [-0.3, -0.25) is 25.1 Å². The molecule has 0 bridgehead atoms. The van der Waals surface area contributed by atoms with Crippen molar-refractivity contribution in [3.05, 3.63) is 70.3 Å². The Hall–Kier alpha value is -3.79. The van der Waals surface area contributed by atoms with Gasteiger partial charge in [-0.2, -0.15) is 0 Å². The highest BCUT2D eigenvalue weighted by Crippen LogP contribution is 2.17. The van der Waals surface area contributed by atoms with Crippen LogP contribution in [0.5, 0.6) is 0 Å². The number of nitrogens with zero attached hydrogens (tertiary/aromatic N) is 1. The van der Waals surface area contributed by atoms with Crippen LogP contribution in [0.2, 0.25) is 0 Å². The lowest BCUT2D eigenvalue weighted by Gasteiger charge is -2.19. The molecule has 1 atom stereocenters. The van der Waals surface area contributed by atoms with Crippen molar-refractivity contribution < 1.29 is 24.4 Å². The highest BCUT2D eigenvalue weighted by Gasteiger charge is 2.20. The van der Waals surface area contributed by atoms with E-state index in [9.17, 15) is 29.6 Å². The molecule has 10 nitrogen and oxygen atoms in total. The Morgan fingerprint density at radius 2 is 1.74 bits per heavy atom. The number of amides is 2. The van der Waals surface area contributed by atoms with Crippen LogP contribution in [-0.4, -0.2) is 28.7 Å². The van der Waals surface area contributed by atoms with Crippen LogP contribution in [0, 0.1) is 10.1 Å². The summed E-state index contributed by atoms with van der Waals surface area (Å²) in [7, 11) is 0. The molecule has 3 N–H and O–H groups in total. The quantitative estimate of drug-likeness (QED) is 0.435. The Labute approximate surface area is 153 Å². The van der Waals surface area contributed by atoms with Gasteiger partial charge in [-0.05, 0) is 18.2 Å². The van der Waals surface area contributed by atoms with Gasteiger partial charge in [0.15, 0.2) is 0 Å². The summed E-state index contributed by atoms with van der Waals surface area (Å²) in [6, 6.07) is 11.9. The maximum atomic E-state index is 12.3. The standard InChI is InChI=1S/C17H16N4O6/c22-15(23)10-14(19-20-16(24)11-5-2-1-3-6-11)17(25)18-12-7-4-8-13(9-12)21(26)27/h1-9,14,19H,10H2,(H,18,25)(H,20,24)(H,22,23)/p-1/t14-/m1/s1. The third-order valence-corrected chi connectivity index (χ3v) is 3.41. The molecule has 0 fully saturated rings. The third-order valence-electron chi connectivity index (χ3n) is 3.41. The highest BCUT2D eigenvalue weighted by molar-refractivity contribution is 5.98. The van der Waals surface area contributed by atoms with Crippen molar-refractivity contribution in [2.24, 2.45) is 0 Å². The van der Waals surface area contributed by atoms with E-state index in [1.165, 1.54) is 30.3 Å². The number of rotatable bonds is 8. The summed E-state index contributed by atoms with van der Waals surface area (Å²) in [6.07, 6.45) is -0.726. The van der Waals surface area contributed by atoms with Crippen LogP contribution in [0.4, 0.5) is 11.4 Å². The van der Waals surface area contributed by atoms with Gasteiger partial charge in [0, 0.05) is 35.8 Å². The monoisotopic (exact) mass is 371 g/mol. The summed E-state index contributed by atoms with van der Waals surface area (Å²) in [6.45, 7) is 0. The van der Waals surface area contributed by atoms with Crippen LogP contribution in [0.1, 0.15) is 16.8 Å². The third kappa shape index (κ3) is 5.90. The second kappa shape index (κ2) is 9.06. The zero-order valence-electron chi connectivity index (χ0n) is 13.9. The lowest BCUT2D eigenvalue weighted by molar-refractivity contribution is -0.384. The number of nitrogens with one attached hydrogen (secondary N) is 3. The van der Waals surface area contributed by atoms with E-state index in [2.05, 4.69) is 16.2 Å². The van der Waals surface area contributed by atoms with E-state index in [0.717, 1.165) is 6.07 Å². The van der Waals surface area contributed by atoms with Gasteiger partial charge in [0.25, 0.3) is 11.6 Å². The Morgan fingerprint density at radius 1 is 1.04 bits per heavy atom. The van der Waals surface area contributed by atoms with Gasteiger partial charge >= 0.3 is 0 Å². The minimum Gasteiger partial charge on any atom is -0.550 e. The SMILES string of the molecule is O=C([O-])C[C@@H](NNC(=O)c1ccccc1)C(=O)Nc1cccc([N+](=O)[O-])c1. The van der Waals surface area contributed by atoms with Crippen LogP contribution in [-0.2, 0) is 9.59 Å². The Kier molecular flexibility index (Phi) is 6.55. The molecule has 2 amide bonds. The molecule has 2 aromatic rings. The maximum absolute atomic E-state index is 12.3. The number of carbonyl (C=O) groups excluding carboxylic acids is 3. The van der Waals surface area contributed by atoms with Gasteiger partial charge in [0.2, 0.25) is 5.91 Å². The number of carboxylic acid groups (broad SMARTS) is 1. The number of hydrazine groups is 1. The molecule has 2 rings (SSSR count). The Balaban J connectivity index is 2.05.